The summed E-state index contributed by atoms with van der Waals surface area (Å²) in [5, 5.41) is 4.61. The van der Waals surface area contributed by atoms with Crippen molar-refractivity contribution < 1.29 is 0 Å². The predicted molar refractivity (Wildman–Crippen MR) is 117 cm³/mol. The molecule has 0 bridgehead atoms. The Balaban J connectivity index is 1.58. The van der Waals surface area contributed by atoms with Crippen molar-refractivity contribution in [2.45, 2.75) is 26.3 Å². The third-order valence-corrected chi connectivity index (χ3v) is 5.31. The highest BCUT2D eigenvalue weighted by molar-refractivity contribution is 5.90. The number of aromatic nitrogens is 2. The summed E-state index contributed by atoms with van der Waals surface area (Å²) >= 11 is 0. The summed E-state index contributed by atoms with van der Waals surface area (Å²) in [5.41, 5.74) is 2.24. The van der Waals surface area contributed by atoms with Crippen LogP contribution in [0.2, 0.25) is 0 Å². The van der Waals surface area contributed by atoms with Crippen molar-refractivity contribution in [3.63, 3.8) is 0 Å². The van der Waals surface area contributed by atoms with E-state index in [1.807, 2.05) is 18.2 Å². The third-order valence-electron chi connectivity index (χ3n) is 5.31. The molecule has 0 unspecified atom stereocenters. The standard InChI is InChI=1S/C23H29N5/c1-2-13-27-14-8-15-28(17-16-27)23-25-21-12-7-6-11-20(21)22(26-23)24-18-19-9-4-3-5-10-19/h3-7,9-12H,2,8,13-18H2,1H3,(H,24,25,26). The molecule has 0 amide bonds. The van der Waals surface area contributed by atoms with Gasteiger partial charge in [0.25, 0.3) is 0 Å². The first-order valence-corrected chi connectivity index (χ1v) is 10.4. The second-order valence-electron chi connectivity index (χ2n) is 7.41. The second kappa shape index (κ2) is 9.02. The lowest BCUT2D eigenvalue weighted by Crippen LogP contribution is -2.32. The molecule has 2 heterocycles. The van der Waals surface area contributed by atoms with Gasteiger partial charge >= 0.3 is 0 Å². The van der Waals surface area contributed by atoms with Crippen molar-refractivity contribution in [2.75, 3.05) is 42.9 Å². The molecule has 3 aromatic rings. The zero-order valence-corrected chi connectivity index (χ0v) is 16.6. The molecule has 5 heteroatoms. The van der Waals surface area contributed by atoms with Crippen LogP contribution in [-0.2, 0) is 6.54 Å². The molecule has 5 nitrogen and oxygen atoms in total. The summed E-state index contributed by atoms with van der Waals surface area (Å²) in [7, 11) is 0. The maximum absolute atomic E-state index is 4.94. The Hall–Kier alpha value is -2.66. The normalized spacial score (nSPS) is 15.5. The van der Waals surface area contributed by atoms with Gasteiger partial charge in [0.15, 0.2) is 0 Å². The fourth-order valence-electron chi connectivity index (χ4n) is 3.83. The number of nitrogens with zero attached hydrogens (tertiary/aromatic N) is 4. The number of nitrogens with one attached hydrogen (secondary N) is 1. The van der Waals surface area contributed by atoms with Crippen LogP contribution in [0.1, 0.15) is 25.3 Å². The fraction of sp³-hybridized carbons (Fsp3) is 0.391. The van der Waals surface area contributed by atoms with Crippen LogP contribution in [0, 0.1) is 0 Å². The number of fused-ring (bicyclic) bond motifs is 1. The summed E-state index contributed by atoms with van der Waals surface area (Å²) in [5.74, 6) is 1.76. The largest absolute Gasteiger partial charge is 0.365 e. The van der Waals surface area contributed by atoms with E-state index < -0.39 is 0 Å². The number of hydrogen-bond donors (Lipinski definition) is 1. The molecular weight excluding hydrogens is 346 g/mol. The van der Waals surface area contributed by atoms with Crippen LogP contribution in [0.3, 0.4) is 0 Å². The minimum absolute atomic E-state index is 0.756. The average Bonchev–Trinajstić information content (AvgIpc) is 2.98. The Labute approximate surface area is 167 Å². The van der Waals surface area contributed by atoms with E-state index in [2.05, 4.69) is 58.4 Å². The predicted octanol–water partition coefficient (Wildman–Crippen LogP) is 4.16. The van der Waals surface area contributed by atoms with Crippen molar-refractivity contribution in [2.24, 2.45) is 0 Å². The Bertz CT molecular complexity index is 896. The fourth-order valence-corrected chi connectivity index (χ4v) is 3.83. The molecule has 2 aromatic carbocycles. The topological polar surface area (TPSA) is 44.3 Å². The highest BCUT2D eigenvalue weighted by Crippen LogP contribution is 2.24. The molecule has 1 fully saturated rings. The van der Waals surface area contributed by atoms with E-state index in [9.17, 15) is 0 Å². The van der Waals surface area contributed by atoms with Crippen LogP contribution in [0.25, 0.3) is 10.9 Å². The lowest BCUT2D eigenvalue weighted by atomic mass is 10.2. The minimum Gasteiger partial charge on any atom is -0.365 e. The van der Waals surface area contributed by atoms with Gasteiger partial charge in [0.2, 0.25) is 5.95 Å². The molecule has 1 saturated heterocycles. The summed E-state index contributed by atoms with van der Waals surface area (Å²) < 4.78 is 0. The summed E-state index contributed by atoms with van der Waals surface area (Å²) in [6.45, 7) is 8.42. The third kappa shape index (κ3) is 4.42. The molecule has 4 rings (SSSR count). The van der Waals surface area contributed by atoms with Crippen LogP contribution in [-0.4, -0.2) is 47.6 Å². The number of rotatable bonds is 6. The first kappa shape index (κ1) is 18.7. The van der Waals surface area contributed by atoms with Crippen molar-refractivity contribution in [1.29, 1.82) is 0 Å². The first-order chi connectivity index (χ1) is 13.8. The van der Waals surface area contributed by atoms with Gasteiger partial charge in [-0.15, -0.1) is 0 Å². The van der Waals surface area contributed by atoms with Crippen LogP contribution >= 0.6 is 0 Å². The molecular formula is C23H29N5. The van der Waals surface area contributed by atoms with Gasteiger partial charge in [0.05, 0.1) is 5.52 Å². The average molecular weight is 376 g/mol. The van der Waals surface area contributed by atoms with Crippen molar-refractivity contribution >= 4 is 22.7 Å². The zero-order chi connectivity index (χ0) is 19.2. The van der Waals surface area contributed by atoms with Gasteiger partial charge in [0, 0.05) is 31.6 Å². The molecule has 146 valence electrons. The summed E-state index contributed by atoms with van der Waals surface area (Å²) in [4.78, 5) is 14.7. The van der Waals surface area contributed by atoms with Crippen LogP contribution in [0.4, 0.5) is 11.8 Å². The maximum atomic E-state index is 4.94. The molecule has 1 aromatic heterocycles. The van der Waals surface area contributed by atoms with Crippen LogP contribution in [0.15, 0.2) is 54.6 Å². The van der Waals surface area contributed by atoms with Crippen molar-refractivity contribution in [3.05, 3.63) is 60.2 Å². The number of hydrogen-bond acceptors (Lipinski definition) is 5. The first-order valence-electron chi connectivity index (χ1n) is 10.4. The molecule has 0 radical (unpaired) electrons. The molecule has 0 atom stereocenters. The number of para-hydroxylation sites is 1. The van der Waals surface area contributed by atoms with Gasteiger partial charge in [-0.25, -0.2) is 4.98 Å². The summed E-state index contributed by atoms with van der Waals surface area (Å²) in [6.07, 6.45) is 2.36. The van der Waals surface area contributed by atoms with Crippen molar-refractivity contribution in [3.8, 4) is 0 Å². The van der Waals surface area contributed by atoms with E-state index in [-0.39, 0.29) is 0 Å². The van der Waals surface area contributed by atoms with E-state index in [1.165, 1.54) is 18.5 Å². The van der Waals surface area contributed by atoms with Crippen LogP contribution in [0.5, 0.6) is 0 Å². The Morgan fingerprint density at radius 1 is 0.893 bits per heavy atom. The molecule has 1 N–H and O–H groups in total. The maximum Gasteiger partial charge on any atom is 0.227 e. The highest BCUT2D eigenvalue weighted by Gasteiger charge is 2.18. The van der Waals surface area contributed by atoms with E-state index in [0.29, 0.717) is 0 Å². The molecule has 28 heavy (non-hydrogen) atoms. The lowest BCUT2D eigenvalue weighted by Gasteiger charge is -2.22. The SMILES string of the molecule is CCCN1CCCN(c2nc(NCc3ccccc3)c3ccccc3n2)CC1. The molecule has 1 aliphatic heterocycles. The smallest absolute Gasteiger partial charge is 0.227 e. The van der Waals surface area contributed by atoms with Crippen molar-refractivity contribution in [1.82, 2.24) is 14.9 Å². The Morgan fingerprint density at radius 2 is 1.71 bits per heavy atom. The van der Waals surface area contributed by atoms with Gasteiger partial charge in [-0.1, -0.05) is 49.4 Å². The lowest BCUT2D eigenvalue weighted by molar-refractivity contribution is 0.294. The van der Waals surface area contributed by atoms with Gasteiger partial charge in [-0.2, -0.15) is 4.98 Å². The van der Waals surface area contributed by atoms with Gasteiger partial charge in [-0.3, -0.25) is 0 Å². The quantitative estimate of drug-likeness (QED) is 0.701. The second-order valence-corrected chi connectivity index (χ2v) is 7.41. The van der Waals surface area contributed by atoms with Gasteiger partial charge in [0.1, 0.15) is 5.82 Å². The monoisotopic (exact) mass is 375 g/mol. The van der Waals surface area contributed by atoms with Gasteiger partial charge in [-0.05, 0) is 43.6 Å². The van der Waals surface area contributed by atoms with E-state index in [1.54, 1.807) is 0 Å². The molecule has 0 spiro atoms. The number of anilines is 2. The van der Waals surface area contributed by atoms with E-state index in [0.717, 1.165) is 61.8 Å². The van der Waals surface area contributed by atoms with Crippen LogP contribution < -0.4 is 10.2 Å². The van der Waals surface area contributed by atoms with E-state index in [4.69, 9.17) is 9.97 Å². The molecule has 0 aliphatic carbocycles. The zero-order valence-electron chi connectivity index (χ0n) is 16.6. The summed E-state index contributed by atoms with van der Waals surface area (Å²) in [6, 6.07) is 18.7. The Morgan fingerprint density at radius 3 is 2.57 bits per heavy atom. The Kier molecular flexibility index (Phi) is 6.02. The minimum atomic E-state index is 0.756. The van der Waals surface area contributed by atoms with E-state index >= 15 is 0 Å². The van der Waals surface area contributed by atoms with Gasteiger partial charge < -0.3 is 15.1 Å². The number of benzene rings is 2. The molecule has 1 aliphatic rings. The highest BCUT2D eigenvalue weighted by atomic mass is 15.3. The molecule has 0 saturated carbocycles.